The number of rotatable bonds is 4. The van der Waals surface area contributed by atoms with Crippen LogP contribution < -0.4 is 0 Å². The van der Waals surface area contributed by atoms with E-state index in [1.54, 1.807) is 0 Å². The summed E-state index contributed by atoms with van der Waals surface area (Å²) < 4.78 is 9.27. The van der Waals surface area contributed by atoms with Gasteiger partial charge in [-0.1, -0.05) is 103 Å². The molecule has 5 aromatic carbocycles. The maximum absolute atomic E-state index is 6.89. The summed E-state index contributed by atoms with van der Waals surface area (Å²) in [6, 6.07) is 51.4. The van der Waals surface area contributed by atoms with Gasteiger partial charge >= 0.3 is 0 Å². The molecule has 0 N–H and O–H groups in total. The van der Waals surface area contributed by atoms with Crippen LogP contribution in [0, 0.1) is 0 Å². The molecule has 0 radical (unpaired) electrons. The number of pyridine rings is 1. The molecule has 0 saturated carbocycles. The highest BCUT2D eigenvalue weighted by atomic mass is 16.3. The molecular weight excluding hydrogens is 548 g/mol. The Morgan fingerprint density at radius 2 is 1.18 bits per heavy atom. The maximum atomic E-state index is 6.89. The first-order chi connectivity index (χ1) is 22.1. The zero-order valence-electron chi connectivity index (χ0n) is 25.2. The molecule has 0 amide bonds. The van der Waals surface area contributed by atoms with Gasteiger partial charge in [-0.05, 0) is 78.6 Å². The van der Waals surface area contributed by atoms with Gasteiger partial charge in [0.1, 0.15) is 11.3 Å². The molecule has 8 aromatic rings. The molecule has 45 heavy (non-hydrogen) atoms. The van der Waals surface area contributed by atoms with Crippen molar-refractivity contribution in [2.75, 3.05) is 0 Å². The van der Waals surface area contributed by atoms with Gasteiger partial charge in [0, 0.05) is 33.2 Å². The third-order valence-corrected chi connectivity index (χ3v) is 9.34. The third kappa shape index (κ3) is 3.87. The molecule has 0 spiro atoms. The van der Waals surface area contributed by atoms with Crippen LogP contribution in [0.4, 0.5) is 0 Å². The van der Waals surface area contributed by atoms with Gasteiger partial charge < -0.3 is 8.98 Å². The van der Waals surface area contributed by atoms with Crippen molar-refractivity contribution in [2.24, 2.45) is 0 Å². The number of furan rings is 1. The minimum absolute atomic E-state index is 0.270. The Morgan fingerprint density at radius 1 is 0.578 bits per heavy atom. The first-order valence-electron chi connectivity index (χ1n) is 15.5. The number of fused-ring (bicyclic) bond motifs is 7. The quantitative estimate of drug-likeness (QED) is 0.208. The number of para-hydroxylation sites is 2. The summed E-state index contributed by atoms with van der Waals surface area (Å²) in [5.74, 6) is 1.03. The second-order valence-corrected chi connectivity index (χ2v) is 12.4. The first kappa shape index (κ1) is 25.8. The zero-order valence-corrected chi connectivity index (χ0v) is 25.2. The summed E-state index contributed by atoms with van der Waals surface area (Å²) in [6.45, 7) is 4.56. The fourth-order valence-electron chi connectivity index (χ4n) is 7.14. The molecule has 214 valence electrons. The normalized spacial score (nSPS) is 13.3. The van der Waals surface area contributed by atoms with Crippen molar-refractivity contribution in [2.45, 2.75) is 19.3 Å². The number of benzene rings is 5. The molecule has 3 heterocycles. The molecule has 3 aromatic heterocycles. The summed E-state index contributed by atoms with van der Waals surface area (Å²) in [7, 11) is 0. The summed E-state index contributed by atoms with van der Waals surface area (Å²) >= 11 is 0. The number of aromatic nitrogens is 2. The standard InChI is InChI=1S/C42H30N2O/c1-42(2)34-23-22-29(30-25-35(27-14-6-3-7-15-27)43-36(26-30)28-16-8-4-9-17-28)24-33(34)38-39-40(45-41(38)42)32-20-12-13-21-37(32)44(39)31-18-10-5-11-19-31/h3-26H,1-2H3. The Labute approximate surface area is 262 Å². The van der Waals surface area contributed by atoms with E-state index in [2.05, 4.69) is 152 Å². The van der Waals surface area contributed by atoms with Gasteiger partial charge in [-0.3, -0.25) is 0 Å². The molecule has 0 atom stereocenters. The second kappa shape index (κ2) is 9.67. The highest BCUT2D eigenvalue weighted by Crippen LogP contribution is 2.55. The van der Waals surface area contributed by atoms with Crippen LogP contribution in [-0.2, 0) is 5.41 Å². The van der Waals surface area contributed by atoms with Crippen molar-refractivity contribution in [1.29, 1.82) is 0 Å². The van der Waals surface area contributed by atoms with E-state index < -0.39 is 0 Å². The fraction of sp³-hybridized carbons (Fsp3) is 0.0714. The highest BCUT2D eigenvalue weighted by molar-refractivity contribution is 6.13. The molecule has 0 unspecified atom stereocenters. The Bertz CT molecular complexity index is 2320. The van der Waals surface area contributed by atoms with E-state index in [1.807, 2.05) is 12.1 Å². The van der Waals surface area contributed by atoms with Crippen molar-refractivity contribution in [1.82, 2.24) is 9.55 Å². The lowest BCUT2D eigenvalue weighted by atomic mass is 9.85. The summed E-state index contributed by atoms with van der Waals surface area (Å²) in [4.78, 5) is 5.11. The Balaban J connectivity index is 1.31. The van der Waals surface area contributed by atoms with E-state index in [4.69, 9.17) is 9.40 Å². The van der Waals surface area contributed by atoms with Gasteiger partial charge in [0.05, 0.1) is 16.9 Å². The van der Waals surface area contributed by atoms with Gasteiger partial charge in [0.2, 0.25) is 0 Å². The maximum Gasteiger partial charge on any atom is 0.161 e. The van der Waals surface area contributed by atoms with Crippen molar-refractivity contribution in [3.8, 4) is 50.5 Å². The predicted molar refractivity (Wildman–Crippen MR) is 185 cm³/mol. The van der Waals surface area contributed by atoms with E-state index in [9.17, 15) is 0 Å². The fourth-order valence-corrected chi connectivity index (χ4v) is 7.14. The average Bonchev–Trinajstić information content (AvgIpc) is 3.71. The lowest BCUT2D eigenvalue weighted by Gasteiger charge is -2.19. The molecule has 0 bridgehead atoms. The van der Waals surface area contributed by atoms with Crippen molar-refractivity contribution in [3.05, 3.63) is 157 Å². The van der Waals surface area contributed by atoms with E-state index in [0.29, 0.717) is 0 Å². The van der Waals surface area contributed by atoms with E-state index >= 15 is 0 Å². The van der Waals surface area contributed by atoms with Crippen LogP contribution >= 0.6 is 0 Å². The SMILES string of the molecule is CC1(C)c2ccc(-c3cc(-c4ccccc4)nc(-c4ccccc4)c3)cc2-c2c1oc1c3ccccc3n(-c3ccccc3)c21. The minimum atomic E-state index is -0.270. The smallest absolute Gasteiger partial charge is 0.161 e. The van der Waals surface area contributed by atoms with E-state index in [-0.39, 0.29) is 5.41 Å². The summed E-state index contributed by atoms with van der Waals surface area (Å²) in [5, 5.41) is 1.13. The van der Waals surface area contributed by atoms with Crippen LogP contribution in [0.5, 0.6) is 0 Å². The van der Waals surface area contributed by atoms with E-state index in [1.165, 1.54) is 16.7 Å². The van der Waals surface area contributed by atoms with Crippen LogP contribution in [0.1, 0.15) is 25.2 Å². The molecular formula is C42H30N2O. The van der Waals surface area contributed by atoms with Gasteiger partial charge in [0.25, 0.3) is 0 Å². The molecule has 0 aliphatic heterocycles. The molecule has 1 aliphatic rings. The van der Waals surface area contributed by atoms with Crippen LogP contribution in [0.3, 0.4) is 0 Å². The summed E-state index contributed by atoms with van der Waals surface area (Å²) in [6.07, 6.45) is 0. The zero-order chi connectivity index (χ0) is 30.1. The van der Waals surface area contributed by atoms with Crippen molar-refractivity contribution >= 4 is 22.0 Å². The van der Waals surface area contributed by atoms with E-state index in [0.717, 1.165) is 67.1 Å². The van der Waals surface area contributed by atoms with Gasteiger partial charge in [-0.2, -0.15) is 0 Å². The number of hydrogen-bond acceptors (Lipinski definition) is 2. The Kier molecular flexibility index (Phi) is 5.54. The number of hydrogen-bond donors (Lipinski definition) is 0. The van der Waals surface area contributed by atoms with Crippen LogP contribution in [0.2, 0.25) is 0 Å². The molecule has 0 fully saturated rings. The topological polar surface area (TPSA) is 31.0 Å². The van der Waals surface area contributed by atoms with Gasteiger partial charge in [0.15, 0.2) is 5.58 Å². The lowest BCUT2D eigenvalue weighted by molar-refractivity contribution is 0.466. The second-order valence-electron chi connectivity index (χ2n) is 12.4. The highest BCUT2D eigenvalue weighted by Gasteiger charge is 2.42. The van der Waals surface area contributed by atoms with Crippen molar-refractivity contribution in [3.63, 3.8) is 0 Å². The number of nitrogens with zero attached hydrogens (tertiary/aromatic N) is 2. The summed E-state index contributed by atoms with van der Waals surface area (Å²) in [5.41, 5.74) is 14.2. The van der Waals surface area contributed by atoms with Crippen LogP contribution in [-0.4, -0.2) is 9.55 Å². The lowest BCUT2D eigenvalue weighted by Crippen LogP contribution is -2.14. The van der Waals surface area contributed by atoms with Crippen LogP contribution in [0.15, 0.2) is 150 Å². The van der Waals surface area contributed by atoms with Gasteiger partial charge in [-0.15, -0.1) is 0 Å². The molecule has 1 aliphatic carbocycles. The monoisotopic (exact) mass is 578 g/mol. The molecule has 3 heteroatoms. The molecule has 0 saturated heterocycles. The predicted octanol–water partition coefficient (Wildman–Crippen LogP) is 11.1. The first-order valence-corrected chi connectivity index (χ1v) is 15.5. The molecule has 3 nitrogen and oxygen atoms in total. The minimum Gasteiger partial charge on any atom is -0.457 e. The van der Waals surface area contributed by atoms with Crippen molar-refractivity contribution < 1.29 is 4.42 Å². The third-order valence-electron chi connectivity index (χ3n) is 9.34. The molecule has 9 rings (SSSR count). The van der Waals surface area contributed by atoms with Crippen LogP contribution in [0.25, 0.3) is 72.5 Å². The Hall–Kier alpha value is -5.67. The largest absolute Gasteiger partial charge is 0.457 e. The Morgan fingerprint density at radius 3 is 1.84 bits per heavy atom. The van der Waals surface area contributed by atoms with Gasteiger partial charge in [-0.25, -0.2) is 4.98 Å². The average molecular weight is 579 g/mol.